The van der Waals surface area contributed by atoms with Gasteiger partial charge in [-0.1, -0.05) is 0 Å². The molecule has 0 spiro atoms. The van der Waals surface area contributed by atoms with Gasteiger partial charge in [0.05, 0.1) is 30.0 Å². The van der Waals surface area contributed by atoms with Crippen molar-refractivity contribution in [1.82, 2.24) is 4.98 Å². The number of ether oxygens (including phenoxy) is 2. The second-order valence-electron chi connectivity index (χ2n) is 5.06. The molecule has 1 atom stereocenters. The predicted octanol–water partition coefficient (Wildman–Crippen LogP) is 2.71. The van der Waals surface area contributed by atoms with Crippen molar-refractivity contribution in [2.45, 2.75) is 18.9 Å². The lowest BCUT2D eigenvalue weighted by atomic mass is 10.1. The molecule has 1 aromatic heterocycles. The van der Waals surface area contributed by atoms with Gasteiger partial charge in [-0.05, 0) is 31.0 Å². The molecule has 0 bridgehead atoms. The number of rotatable bonds is 4. The molecule has 1 N–H and O–H groups in total. The van der Waals surface area contributed by atoms with Gasteiger partial charge in [0.1, 0.15) is 11.8 Å². The first-order chi connectivity index (χ1) is 10.3. The Kier molecular flexibility index (Phi) is 3.89. The van der Waals surface area contributed by atoms with Gasteiger partial charge >= 0.3 is 0 Å². The fourth-order valence-electron chi connectivity index (χ4n) is 2.60. The van der Waals surface area contributed by atoms with E-state index in [2.05, 4.69) is 16.4 Å². The molecule has 1 fully saturated rings. The van der Waals surface area contributed by atoms with Gasteiger partial charge in [0.15, 0.2) is 0 Å². The maximum atomic E-state index is 9.30. The van der Waals surface area contributed by atoms with E-state index in [-0.39, 0.29) is 6.10 Å². The summed E-state index contributed by atoms with van der Waals surface area (Å²) in [5, 5.41) is 13.6. The summed E-state index contributed by atoms with van der Waals surface area (Å²) in [5.74, 6) is 0.750. The van der Waals surface area contributed by atoms with Gasteiger partial charge in [0.2, 0.25) is 0 Å². The highest BCUT2D eigenvalue weighted by Gasteiger charge is 2.17. The van der Waals surface area contributed by atoms with E-state index in [1.165, 1.54) is 0 Å². The molecule has 0 aliphatic carbocycles. The molecule has 0 radical (unpaired) electrons. The van der Waals surface area contributed by atoms with Gasteiger partial charge < -0.3 is 14.8 Å². The van der Waals surface area contributed by atoms with Crippen molar-refractivity contribution in [2.24, 2.45) is 0 Å². The molecule has 5 heteroatoms. The van der Waals surface area contributed by atoms with Crippen molar-refractivity contribution >= 4 is 16.6 Å². The minimum Gasteiger partial charge on any atom is -0.497 e. The minimum absolute atomic E-state index is 0.213. The Morgan fingerprint density at radius 1 is 1.52 bits per heavy atom. The van der Waals surface area contributed by atoms with Crippen LogP contribution in [0.15, 0.2) is 24.4 Å². The Hall–Kier alpha value is -2.32. The average Bonchev–Trinajstić information content (AvgIpc) is 3.05. The molecule has 2 aromatic rings. The third-order valence-electron chi connectivity index (χ3n) is 3.73. The summed E-state index contributed by atoms with van der Waals surface area (Å²) in [6.45, 7) is 1.52. The zero-order chi connectivity index (χ0) is 14.7. The van der Waals surface area contributed by atoms with E-state index in [1.54, 1.807) is 13.3 Å². The second kappa shape index (κ2) is 5.98. The number of hydrogen-bond acceptors (Lipinski definition) is 5. The summed E-state index contributed by atoms with van der Waals surface area (Å²) in [5.41, 5.74) is 2.18. The van der Waals surface area contributed by atoms with Gasteiger partial charge in [0.25, 0.3) is 0 Å². The largest absolute Gasteiger partial charge is 0.497 e. The number of nitriles is 1. The third kappa shape index (κ3) is 2.76. The summed E-state index contributed by atoms with van der Waals surface area (Å²) < 4.78 is 10.9. The Morgan fingerprint density at radius 2 is 2.43 bits per heavy atom. The lowest BCUT2D eigenvalue weighted by Crippen LogP contribution is -2.19. The van der Waals surface area contributed by atoms with E-state index < -0.39 is 0 Å². The van der Waals surface area contributed by atoms with Gasteiger partial charge in [-0.25, -0.2) is 0 Å². The first-order valence-electron chi connectivity index (χ1n) is 7.04. The average molecular weight is 283 g/mol. The van der Waals surface area contributed by atoms with Crippen LogP contribution in [-0.2, 0) is 4.74 Å². The molecule has 1 aliphatic heterocycles. The predicted molar refractivity (Wildman–Crippen MR) is 80.5 cm³/mol. The number of methoxy groups -OCH3 is 1. The molecule has 1 unspecified atom stereocenters. The topological polar surface area (TPSA) is 67.2 Å². The number of fused-ring (bicyclic) bond motifs is 1. The highest BCUT2D eigenvalue weighted by molar-refractivity contribution is 5.94. The monoisotopic (exact) mass is 283 g/mol. The van der Waals surface area contributed by atoms with E-state index in [1.807, 2.05) is 18.2 Å². The molecule has 0 saturated carbocycles. The summed E-state index contributed by atoms with van der Waals surface area (Å²) in [7, 11) is 1.63. The Balaban J connectivity index is 1.97. The van der Waals surface area contributed by atoms with E-state index in [0.29, 0.717) is 12.1 Å². The summed E-state index contributed by atoms with van der Waals surface area (Å²) in [6.07, 6.45) is 3.97. The van der Waals surface area contributed by atoms with Gasteiger partial charge in [-0.2, -0.15) is 5.26 Å². The summed E-state index contributed by atoms with van der Waals surface area (Å²) >= 11 is 0. The van der Waals surface area contributed by atoms with Crippen LogP contribution in [-0.4, -0.2) is 31.3 Å². The minimum atomic E-state index is 0.213. The molecule has 0 amide bonds. The molecule has 1 aromatic carbocycles. The highest BCUT2D eigenvalue weighted by atomic mass is 16.5. The van der Waals surface area contributed by atoms with Crippen molar-refractivity contribution in [1.29, 1.82) is 5.26 Å². The van der Waals surface area contributed by atoms with Crippen LogP contribution >= 0.6 is 0 Å². The fraction of sp³-hybridized carbons (Fsp3) is 0.375. The van der Waals surface area contributed by atoms with E-state index in [4.69, 9.17) is 9.47 Å². The van der Waals surface area contributed by atoms with Crippen LogP contribution in [0, 0.1) is 11.3 Å². The van der Waals surface area contributed by atoms with E-state index in [9.17, 15) is 5.26 Å². The number of benzene rings is 1. The molecular weight excluding hydrogens is 266 g/mol. The lowest BCUT2D eigenvalue weighted by molar-refractivity contribution is 0.120. The Morgan fingerprint density at radius 3 is 3.14 bits per heavy atom. The number of hydrogen-bond donors (Lipinski definition) is 1. The van der Waals surface area contributed by atoms with Crippen LogP contribution in [0.1, 0.15) is 18.4 Å². The fourth-order valence-corrected chi connectivity index (χ4v) is 2.60. The van der Waals surface area contributed by atoms with Crippen molar-refractivity contribution in [2.75, 3.05) is 25.6 Å². The van der Waals surface area contributed by atoms with Crippen molar-refractivity contribution in [3.05, 3.63) is 30.0 Å². The lowest BCUT2D eigenvalue weighted by Gasteiger charge is -2.15. The van der Waals surface area contributed by atoms with Crippen LogP contribution in [0.3, 0.4) is 0 Å². The summed E-state index contributed by atoms with van der Waals surface area (Å²) in [4.78, 5) is 4.32. The highest BCUT2D eigenvalue weighted by Crippen LogP contribution is 2.29. The van der Waals surface area contributed by atoms with Crippen LogP contribution in [0.5, 0.6) is 5.75 Å². The number of aromatic nitrogens is 1. The molecular formula is C16H17N3O2. The maximum Gasteiger partial charge on any atom is 0.119 e. The van der Waals surface area contributed by atoms with Crippen LogP contribution < -0.4 is 10.1 Å². The zero-order valence-corrected chi connectivity index (χ0v) is 11.9. The summed E-state index contributed by atoms with van der Waals surface area (Å²) in [6, 6.07) is 7.86. The maximum absolute atomic E-state index is 9.30. The number of nitrogens with one attached hydrogen (secondary N) is 1. The standard InChI is InChI=1S/C16H17N3O2/c1-20-12-4-5-15-14(7-12)16(11(8-17)9-18-15)19-10-13-3-2-6-21-13/h4-5,7,9,13H,2-3,6,10H2,1H3,(H,18,19). The van der Waals surface area contributed by atoms with E-state index in [0.717, 1.165) is 41.8 Å². The SMILES string of the molecule is COc1ccc2ncc(C#N)c(NCC3CCCO3)c2c1. The smallest absolute Gasteiger partial charge is 0.119 e. The van der Waals surface area contributed by atoms with Gasteiger partial charge in [-0.3, -0.25) is 4.98 Å². The van der Waals surface area contributed by atoms with Crippen LogP contribution in [0.2, 0.25) is 0 Å². The number of nitrogens with zero attached hydrogens (tertiary/aromatic N) is 2. The molecule has 1 aliphatic rings. The molecule has 3 rings (SSSR count). The quantitative estimate of drug-likeness (QED) is 0.934. The van der Waals surface area contributed by atoms with Gasteiger partial charge in [-0.15, -0.1) is 0 Å². The molecule has 1 saturated heterocycles. The first-order valence-corrected chi connectivity index (χ1v) is 7.04. The van der Waals surface area contributed by atoms with E-state index >= 15 is 0 Å². The van der Waals surface area contributed by atoms with Crippen molar-refractivity contribution in [3.63, 3.8) is 0 Å². The third-order valence-corrected chi connectivity index (χ3v) is 3.73. The van der Waals surface area contributed by atoms with Gasteiger partial charge in [0, 0.05) is 24.7 Å². The first kappa shape index (κ1) is 13.7. The molecule has 2 heterocycles. The Bertz CT molecular complexity index is 688. The van der Waals surface area contributed by atoms with Crippen LogP contribution in [0.4, 0.5) is 5.69 Å². The normalized spacial score (nSPS) is 17.6. The number of anilines is 1. The second-order valence-corrected chi connectivity index (χ2v) is 5.06. The molecule has 21 heavy (non-hydrogen) atoms. The van der Waals surface area contributed by atoms with Crippen molar-refractivity contribution in [3.8, 4) is 11.8 Å². The van der Waals surface area contributed by atoms with Crippen LogP contribution in [0.25, 0.3) is 10.9 Å². The molecule has 108 valence electrons. The zero-order valence-electron chi connectivity index (χ0n) is 11.9. The molecule has 5 nitrogen and oxygen atoms in total. The Labute approximate surface area is 123 Å². The van der Waals surface area contributed by atoms with Crippen molar-refractivity contribution < 1.29 is 9.47 Å². The number of pyridine rings is 1.